The van der Waals surface area contributed by atoms with Crippen molar-refractivity contribution in [2.75, 3.05) is 33.4 Å². The Morgan fingerprint density at radius 1 is 0.821 bits per heavy atom. The first-order valence-corrected chi connectivity index (χ1v) is 13.5. The summed E-state index contributed by atoms with van der Waals surface area (Å²) < 4.78 is 23.6. The lowest BCUT2D eigenvalue weighted by Crippen LogP contribution is -2.40. The van der Waals surface area contributed by atoms with Gasteiger partial charge in [-0.1, -0.05) is 66.7 Å². The summed E-state index contributed by atoms with van der Waals surface area (Å²) in [6.07, 6.45) is 2.03. The van der Waals surface area contributed by atoms with Gasteiger partial charge in [-0.2, -0.15) is 0 Å². The van der Waals surface area contributed by atoms with Gasteiger partial charge in [0.25, 0.3) is 0 Å². The smallest absolute Gasteiger partial charge is 0.124 e. The second kappa shape index (κ2) is 14.9. The van der Waals surface area contributed by atoms with E-state index in [-0.39, 0.29) is 18.5 Å². The van der Waals surface area contributed by atoms with Crippen LogP contribution in [0, 0.1) is 0 Å². The minimum Gasteiger partial charge on any atom is -0.496 e. The number of hydrogen-bond acceptors (Lipinski definition) is 5. The fourth-order valence-corrected chi connectivity index (χ4v) is 5.08. The van der Waals surface area contributed by atoms with Crippen molar-refractivity contribution in [3.05, 3.63) is 108 Å². The zero-order chi connectivity index (χ0) is 26.0. The van der Waals surface area contributed by atoms with Crippen LogP contribution in [0.25, 0.3) is 10.8 Å². The van der Waals surface area contributed by atoms with Crippen molar-refractivity contribution in [2.24, 2.45) is 0 Å². The molecule has 1 heterocycles. The molecule has 0 spiro atoms. The van der Waals surface area contributed by atoms with Crippen LogP contribution >= 0.6 is 12.4 Å². The van der Waals surface area contributed by atoms with Gasteiger partial charge in [-0.25, -0.2) is 0 Å². The van der Waals surface area contributed by atoms with E-state index in [1.165, 1.54) is 21.9 Å². The Hall–Kier alpha value is -3.09. The second-order valence-electron chi connectivity index (χ2n) is 9.77. The maximum Gasteiger partial charge on any atom is 0.124 e. The van der Waals surface area contributed by atoms with Crippen molar-refractivity contribution in [2.45, 2.75) is 38.1 Å². The molecular weight excluding hydrogens is 510 g/mol. The van der Waals surface area contributed by atoms with Gasteiger partial charge in [-0.15, -0.1) is 12.4 Å². The standard InChI is InChI=1S/C33H37NO4.ClH/c1-35-32-10-5-4-9-29(32)24-36-19-6-20-37-30-15-13-27(14-16-30)31-17-18-34-22-33(31)38-23-25-11-12-26-7-2-3-8-28(26)21-25;/h2-5,7-16,21,31,33-34H,6,17-20,22-24H2,1H3;1H. The maximum atomic E-state index is 6.45. The Bertz CT molecular complexity index is 1300. The van der Waals surface area contributed by atoms with Crippen molar-refractivity contribution < 1.29 is 18.9 Å². The lowest BCUT2D eigenvalue weighted by molar-refractivity contribution is 0.0106. The summed E-state index contributed by atoms with van der Waals surface area (Å²) in [4.78, 5) is 0. The molecule has 206 valence electrons. The molecule has 1 aliphatic heterocycles. The first kappa shape index (κ1) is 28.9. The number of benzene rings is 4. The van der Waals surface area contributed by atoms with Crippen LogP contribution < -0.4 is 14.8 Å². The summed E-state index contributed by atoms with van der Waals surface area (Å²) in [5.41, 5.74) is 3.58. The van der Waals surface area contributed by atoms with Gasteiger partial charge in [-0.3, -0.25) is 0 Å². The molecule has 0 amide bonds. The average Bonchev–Trinajstić information content (AvgIpc) is 2.98. The van der Waals surface area contributed by atoms with E-state index < -0.39 is 0 Å². The molecule has 2 atom stereocenters. The molecule has 0 bridgehead atoms. The van der Waals surface area contributed by atoms with Gasteiger partial charge < -0.3 is 24.3 Å². The van der Waals surface area contributed by atoms with Crippen molar-refractivity contribution in [1.29, 1.82) is 0 Å². The number of methoxy groups -OCH3 is 1. The third kappa shape index (κ3) is 7.96. The largest absolute Gasteiger partial charge is 0.496 e. The van der Waals surface area contributed by atoms with Gasteiger partial charge in [0.05, 0.1) is 39.6 Å². The van der Waals surface area contributed by atoms with Gasteiger partial charge in [0.2, 0.25) is 0 Å². The lowest BCUT2D eigenvalue weighted by atomic mass is 9.87. The van der Waals surface area contributed by atoms with Gasteiger partial charge >= 0.3 is 0 Å². The van der Waals surface area contributed by atoms with Crippen LogP contribution in [-0.2, 0) is 22.7 Å². The van der Waals surface area contributed by atoms with Crippen molar-refractivity contribution in [3.63, 3.8) is 0 Å². The highest BCUT2D eigenvalue weighted by atomic mass is 35.5. The molecule has 5 rings (SSSR count). The van der Waals surface area contributed by atoms with Crippen LogP contribution in [0.5, 0.6) is 11.5 Å². The van der Waals surface area contributed by atoms with Crippen LogP contribution in [0.2, 0.25) is 0 Å². The molecule has 5 nitrogen and oxygen atoms in total. The SMILES string of the molecule is COc1ccccc1COCCCOc1ccc(C2CCNCC2OCc2ccc3ccccc3c2)cc1.Cl. The predicted octanol–water partition coefficient (Wildman–Crippen LogP) is 6.92. The summed E-state index contributed by atoms with van der Waals surface area (Å²) in [5.74, 6) is 2.12. The summed E-state index contributed by atoms with van der Waals surface area (Å²) >= 11 is 0. The van der Waals surface area contributed by atoms with E-state index in [9.17, 15) is 0 Å². The van der Waals surface area contributed by atoms with Gasteiger partial charge in [0.1, 0.15) is 11.5 Å². The molecule has 0 aromatic heterocycles. The zero-order valence-electron chi connectivity index (χ0n) is 22.5. The third-order valence-corrected chi connectivity index (χ3v) is 7.16. The average molecular weight is 548 g/mol. The van der Waals surface area contributed by atoms with E-state index in [2.05, 4.69) is 72.0 Å². The molecule has 1 fully saturated rings. The fourth-order valence-electron chi connectivity index (χ4n) is 5.08. The fraction of sp³-hybridized carbons (Fsp3) is 0.333. The number of piperidine rings is 1. The van der Waals surface area contributed by atoms with Gasteiger partial charge in [0, 0.05) is 24.4 Å². The monoisotopic (exact) mass is 547 g/mol. The highest BCUT2D eigenvalue weighted by Crippen LogP contribution is 2.30. The van der Waals surface area contributed by atoms with E-state index in [4.69, 9.17) is 18.9 Å². The summed E-state index contributed by atoms with van der Waals surface area (Å²) in [5, 5.41) is 6.02. The Morgan fingerprint density at radius 2 is 1.62 bits per heavy atom. The van der Waals surface area contributed by atoms with Crippen LogP contribution in [0.4, 0.5) is 0 Å². The molecule has 1 N–H and O–H groups in total. The molecule has 0 aliphatic carbocycles. The summed E-state index contributed by atoms with van der Waals surface area (Å²) in [7, 11) is 1.68. The van der Waals surface area contributed by atoms with E-state index >= 15 is 0 Å². The van der Waals surface area contributed by atoms with Crippen molar-refractivity contribution in [1.82, 2.24) is 5.32 Å². The normalized spacial score (nSPS) is 16.9. The highest BCUT2D eigenvalue weighted by molar-refractivity contribution is 5.85. The van der Waals surface area contributed by atoms with Crippen LogP contribution in [0.3, 0.4) is 0 Å². The minimum atomic E-state index is 0. The van der Waals surface area contributed by atoms with E-state index in [0.29, 0.717) is 32.3 Å². The zero-order valence-corrected chi connectivity index (χ0v) is 23.3. The van der Waals surface area contributed by atoms with E-state index in [1.54, 1.807) is 7.11 Å². The van der Waals surface area contributed by atoms with E-state index in [0.717, 1.165) is 43.0 Å². The number of fused-ring (bicyclic) bond motifs is 1. The number of nitrogens with one attached hydrogen (secondary N) is 1. The molecule has 4 aromatic carbocycles. The van der Waals surface area contributed by atoms with Gasteiger partial charge in [0.15, 0.2) is 0 Å². The number of ether oxygens (including phenoxy) is 4. The summed E-state index contributed by atoms with van der Waals surface area (Å²) in [6, 6.07) is 31.5. The number of para-hydroxylation sites is 1. The number of halogens is 1. The molecule has 39 heavy (non-hydrogen) atoms. The van der Waals surface area contributed by atoms with Crippen LogP contribution in [-0.4, -0.2) is 39.5 Å². The maximum absolute atomic E-state index is 6.45. The van der Waals surface area contributed by atoms with E-state index in [1.807, 2.05) is 24.3 Å². The Balaban J connectivity index is 0.00000353. The molecule has 2 unspecified atom stereocenters. The Morgan fingerprint density at radius 3 is 2.46 bits per heavy atom. The van der Waals surface area contributed by atoms with Crippen LogP contribution in [0.15, 0.2) is 91.0 Å². The van der Waals surface area contributed by atoms with Crippen LogP contribution in [0.1, 0.15) is 35.4 Å². The predicted molar refractivity (Wildman–Crippen MR) is 159 cm³/mol. The molecule has 0 radical (unpaired) electrons. The number of hydrogen-bond donors (Lipinski definition) is 1. The molecule has 1 aliphatic rings. The first-order chi connectivity index (χ1) is 18.8. The molecule has 4 aromatic rings. The molecule has 6 heteroatoms. The van der Waals surface area contributed by atoms with Crippen molar-refractivity contribution in [3.8, 4) is 11.5 Å². The van der Waals surface area contributed by atoms with Crippen molar-refractivity contribution >= 4 is 23.2 Å². The molecule has 1 saturated heterocycles. The number of rotatable bonds is 12. The molecular formula is C33H38ClNO4. The minimum absolute atomic E-state index is 0. The first-order valence-electron chi connectivity index (χ1n) is 13.5. The third-order valence-electron chi connectivity index (χ3n) is 7.16. The van der Waals surface area contributed by atoms with Gasteiger partial charge in [-0.05, 0) is 59.1 Å². The highest BCUT2D eigenvalue weighted by Gasteiger charge is 2.27. The molecule has 0 saturated carbocycles. The Kier molecular flexibility index (Phi) is 11.0. The topological polar surface area (TPSA) is 49.0 Å². The Labute approximate surface area is 237 Å². The summed E-state index contributed by atoms with van der Waals surface area (Å²) in [6.45, 7) is 4.30. The lowest BCUT2D eigenvalue weighted by Gasteiger charge is -2.32. The second-order valence-corrected chi connectivity index (χ2v) is 9.77. The quantitative estimate of drug-likeness (QED) is 0.195.